The number of aliphatic carboxylic acids is 1. The van der Waals surface area contributed by atoms with Crippen molar-refractivity contribution in [3.8, 4) is 0 Å². The Morgan fingerprint density at radius 2 is 1.37 bits per heavy atom. The van der Waals surface area contributed by atoms with Gasteiger partial charge in [-0.25, -0.2) is 0 Å². The zero-order valence-electron chi connectivity index (χ0n) is 12.0. The third kappa shape index (κ3) is 51.6. The summed E-state index contributed by atoms with van der Waals surface area (Å²) in [4.78, 5) is 35.7. The summed E-state index contributed by atoms with van der Waals surface area (Å²) >= 11 is 0. The van der Waals surface area contributed by atoms with E-state index in [1.165, 1.54) is 0 Å². The van der Waals surface area contributed by atoms with Crippen molar-refractivity contribution in [2.24, 2.45) is 11.5 Å². The Labute approximate surface area is 283 Å². The van der Waals surface area contributed by atoms with E-state index in [-0.39, 0.29) is 206 Å². The Morgan fingerprint density at radius 3 is 1.58 bits per heavy atom. The second-order valence-corrected chi connectivity index (χ2v) is 3.55. The van der Waals surface area contributed by atoms with E-state index < -0.39 is 19.8 Å². The zero-order valence-corrected chi connectivity index (χ0v) is 25.3. The second-order valence-electron chi connectivity index (χ2n) is 2.66. The van der Waals surface area contributed by atoms with Crippen LogP contribution in [0, 0.1) is 0 Å². The molecule has 0 fully saturated rings. The van der Waals surface area contributed by atoms with Crippen LogP contribution in [0.3, 0.4) is 0 Å². The average Bonchev–Trinajstić information content (AvgIpc) is 2.01. The van der Waals surface area contributed by atoms with Gasteiger partial charge in [0.2, 0.25) is 0 Å². The second kappa shape index (κ2) is 26.3. The maximum Gasteiger partial charge on any atom is 1.00 e. The Morgan fingerprint density at radius 1 is 1.05 bits per heavy atom. The van der Waals surface area contributed by atoms with Crippen molar-refractivity contribution < 1.29 is 235 Å². The van der Waals surface area contributed by atoms with Gasteiger partial charge in [-0.05, 0) is 19.4 Å². The molecule has 0 aromatic carbocycles. The van der Waals surface area contributed by atoms with Crippen LogP contribution >= 0.6 is 7.82 Å². The van der Waals surface area contributed by atoms with Crippen LogP contribution in [-0.4, -0.2) is 18.6 Å². The van der Waals surface area contributed by atoms with Gasteiger partial charge in [0.05, 0.1) is 5.97 Å². The average molecular weight is 397 g/mol. The van der Waals surface area contributed by atoms with Crippen molar-refractivity contribution in [3.63, 3.8) is 0 Å². The van der Waals surface area contributed by atoms with Crippen molar-refractivity contribution in [1.29, 1.82) is 0 Å². The smallest absolute Gasteiger partial charge is 0.822 e. The van der Waals surface area contributed by atoms with E-state index in [1.54, 1.807) is 0 Å². The van der Waals surface area contributed by atoms with E-state index in [9.17, 15) is 9.90 Å². The molecule has 0 aliphatic heterocycles. The molecular weight excluding hydrogens is 383 g/mol. The number of hydrogen-bond donors (Lipinski definition) is 2. The molecule has 0 radical (unpaired) electrons. The maximum absolute atomic E-state index is 10.0. The van der Waals surface area contributed by atoms with Crippen molar-refractivity contribution in [2.75, 3.05) is 6.54 Å². The van der Waals surface area contributed by atoms with E-state index in [2.05, 4.69) is 0 Å². The minimum atomic E-state index is -5.39. The van der Waals surface area contributed by atoms with E-state index >= 15 is 0 Å². The summed E-state index contributed by atoms with van der Waals surface area (Å²) in [6, 6.07) is -0.827. The van der Waals surface area contributed by atoms with Gasteiger partial charge in [-0.1, -0.05) is 6.42 Å². The van der Waals surface area contributed by atoms with Gasteiger partial charge >= 0.3 is 206 Å². The molecule has 0 heterocycles. The van der Waals surface area contributed by atoms with Crippen LogP contribution < -0.4 is 237 Å². The van der Waals surface area contributed by atoms with Crippen LogP contribution in [0.4, 0.5) is 0 Å². The standard InChI is InChI=1S/C6H14N2O2.4K.H3O4P/c7-4-2-1-3-5(8)6(9)10;;;;;1-5(2,3)4/h5H,1-4,7-8H2,(H,9,10);;;;;(H3,1,2,3,4)/q;4*+1;/p-4/t5-;;;;;/m0...../s1. The number of nitrogens with two attached hydrogens (primary N) is 2. The predicted molar refractivity (Wildman–Crippen MR) is 43.5 cm³/mol. The van der Waals surface area contributed by atoms with Gasteiger partial charge in [0.15, 0.2) is 0 Å². The summed E-state index contributed by atoms with van der Waals surface area (Å²) in [5.74, 6) is -1.18. The SMILES string of the molecule is NCCCC[C@H](N)C(=O)[O-].O=P([O-])([O-])[O-].[K+].[K+].[K+].[K+]. The minimum absolute atomic E-state index is 0. The molecule has 0 aliphatic rings. The van der Waals surface area contributed by atoms with Gasteiger partial charge in [0.1, 0.15) is 0 Å². The van der Waals surface area contributed by atoms with Crippen LogP contribution in [0.1, 0.15) is 19.3 Å². The van der Waals surface area contributed by atoms with Gasteiger partial charge in [-0.15, -0.1) is 0 Å². The number of hydrogen-bond acceptors (Lipinski definition) is 8. The predicted octanol–water partition coefficient (Wildman–Crippen LogP) is -16.6. The molecule has 0 saturated carbocycles. The molecule has 0 aromatic heterocycles. The van der Waals surface area contributed by atoms with Gasteiger partial charge in [0.25, 0.3) is 0 Å². The Bertz CT molecular complexity index is 224. The maximum atomic E-state index is 10.0. The van der Waals surface area contributed by atoms with Crippen LogP contribution in [0.5, 0.6) is 0 Å². The van der Waals surface area contributed by atoms with E-state index in [0.717, 1.165) is 12.8 Å². The molecule has 0 amide bonds. The first-order valence-electron chi connectivity index (χ1n) is 4.08. The number of phosphoric acid groups is 1. The first kappa shape index (κ1) is 39.9. The third-order valence-electron chi connectivity index (χ3n) is 1.27. The summed E-state index contributed by atoms with van der Waals surface area (Å²) in [7, 11) is -5.39. The molecule has 8 nitrogen and oxygen atoms in total. The van der Waals surface area contributed by atoms with Gasteiger partial charge in [-0.3, -0.25) is 0 Å². The summed E-state index contributed by atoms with van der Waals surface area (Å²) in [6.07, 6.45) is 2.03. The minimum Gasteiger partial charge on any atom is -0.822 e. The number of carbonyl (C=O) groups excluding carboxylic acids is 1. The van der Waals surface area contributed by atoms with Crippen LogP contribution in [-0.2, 0) is 9.36 Å². The molecule has 0 saturated heterocycles. The van der Waals surface area contributed by atoms with E-state index in [0.29, 0.717) is 13.0 Å². The monoisotopic (exact) mass is 396 g/mol. The van der Waals surface area contributed by atoms with Crippen molar-refractivity contribution in [1.82, 2.24) is 0 Å². The number of carboxylic acid groups (broad SMARTS) is 1. The van der Waals surface area contributed by atoms with Crippen LogP contribution in [0.15, 0.2) is 0 Å². The molecule has 13 heteroatoms. The molecular formula is C6H13K4N2O6P. The molecule has 4 N–H and O–H groups in total. The molecule has 0 bridgehead atoms. The van der Waals surface area contributed by atoms with Gasteiger partial charge in [0, 0.05) is 6.04 Å². The fraction of sp³-hybridized carbons (Fsp3) is 0.833. The first-order chi connectivity index (χ1) is 6.68. The summed E-state index contributed by atoms with van der Waals surface area (Å²) < 4.78 is 8.55. The number of rotatable bonds is 5. The van der Waals surface area contributed by atoms with Gasteiger partial charge in [-0.2, -0.15) is 7.82 Å². The first-order valence-corrected chi connectivity index (χ1v) is 5.54. The molecule has 0 aromatic rings. The Kier molecular flexibility index (Phi) is 55.2. The quantitative estimate of drug-likeness (QED) is 0.261. The Balaban J connectivity index is -0.0000000418. The summed E-state index contributed by atoms with van der Waals surface area (Å²) in [6.45, 7) is 0.583. The molecule has 92 valence electrons. The van der Waals surface area contributed by atoms with Gasteiger partial charge < -0.3 is 40.6 Å². The van der Waals surface area contributed by atoms with Crippen molar-refractivity contribution >= 4 is 13.8 Å². The fourth-order valence-electron chi connectivity index (χ4n) is 0.626. The van der Waals surface area contributed by atoms with Crippen molar-refractivity contribution in [2.45, 2.75) is 25.3 Å². The number of unbranched alkanes of at least 4 members (excludes halogenated alkanes) is 1. The normalized spacial score (nSPS) is 9.95. The molecule has 0 rings (SSSR count). The number of carboxylic acids is 1. The van der Waals surface area contributed by atoms with E-state index in [1.807, 2.05) is 0 Å². The topological polar surface area (TPSA) is 178 Å². The largest absolute Gasteiger partial charge is 1.00 e. The van der Waals surface area contributed by atoms with Crippen LogP contribution in [0.2, 0.25) is 0 Å². The summed E-state index contributed by atoms with van der Waals surface area (Å²) in [5, 5.41) is 10.0. The zero-order chi connectivity index (χ0) is 12.5. The van der Waals surface area contributed by atoms with E-state index in [4.69, 9.17) is 30.7 Å². The molecule has 0 spiro atoms. The summed E-state index contributed by atoms with van der Waals surface area (Å²) in [5.41, 5.74) is 10.3. The van der Waals surface area contributed by atoms with Crippen molar-refractivity contribution in [3.05, 3.63) is 0 Å². The fourth-order valence-corrected chi connectivity index (χ4v) is 0.626. The molecule has 0 unspecified atom stereocenters. The number of carbonyl (C=O) groups is 1. The Hall–Kier alpha value is 6.05. The molecule has 19 heavy (non-hydrogen) atoms. The molecule has 0 aliphatic carbocycles. The molecule has 1 atom stereocenters. The third-order valence-corrected chi connectivity index (χ3v) is 1.27. The van der Waals surface area contributed by atoms with Crippen LogP contribution in [0.25, 0.3) is 0 Å².